The molecule has 0 heterocycles. The van der Waals surface area contributed by atoms with Gasteiger partial charge in [-0.05, 0) is 103 Å². The summed E-state index contributed by atoms with van der Waals surface area (Å²) < 4.78 is 17.3. The van der Waals surface area contributed by atoms with Gasteiger partial charge in [-0.15, -0.1) is 0 Å². The zero-order valence-corrected chi connectivity index (χ0v) is 38.3. The van der Waals surface area contributed by atoms with Crippen LogP contribution in [0.15, 0.2) is 72.9 Å². The smallest absolute Gasteiger partial charge is 0.306 e. The molecule has 1 unspecified atom stereocenters. The molecule has 0 saturated carbocycles. The number of carbonyl (C=O) groups is 2. The van der Waals surface area contributed by atoms with Crippen molar-refractivity contribution < 1.29 is 23.8 Å². The van der Waals surface area contributed by atoms with Crippen LogP contribution in [0.4, 0.5) is 0 Å². The van der Waals surface area contributed by atoms with Crippen LogP contribution in [0.2, 0.25) is 0 Å². The van der Waals surface area contributed by atoms with E-state index in [1.54, 1.807) is 0 Å². The van der Waals surface area contributed by atoms with E-state index >= 15 is 0 Å². The highest BCUT2D eigenvalue weighted by Gasteiger charge is 2.17. The summed E-state index contributed by atoms with van der Waals surface area (Å²) in [5, 5.41) is 0. The summed E-state index contributed by atoms with van der Waals surface area (Å²) in [7, 11) is 0. The van der Waals surface area contributed by atoms with Gasteiger partial charge in [-0.25, -0.2) is 0 Å². The highest BCUT2D eigenvalue weighted by Crippen LogP contribution is 2.13. The van der Waals surface area contributed by atoms with Gasteiger partial charge >= 0.3 is 11.9 Å². The van der Waals surface area contributed by atoms with Crippen LogP contribution < -0.4 is 0 Å². The lowest BCUT2D eigenvalue weighted by Crippen LogP contribution is -2.30. The average Bonchev–Trinajstić information content (AvgIpc) is 3.22. The minimum Gasteiger partial charge on any atom is -0.462 e. The van der Waals surface area contributed by atoms with Crippen LogP contribution in [0.3, 0.4) is 0 Å². The molecule has 0 fully saturated rings. The number of esters is 2. The molecule has 0 bridgehead atoms. The van der Waals surface area contributed by atoms with Crippen LogP contribution in [-0.4, -0.2) is 37.9 Å². The quantitative estimate of drug-likeness (QED) is 0.0348. The van der Waals surface area contributed by atoms with E-state index in [0.29, 0.717) is 19.4 Å². The molecule has 0 rings (SSSR count). The van der Waals surface area contributed by atoms with Gasteiger partial charge in [0.1, 0.15) is 6.61 Å². The van der Waals surface area contributed by atoms with Crippen molar-refractivity contribution >= 4 is 11.9 Å². The van der Waals surface area contributed by atoms with E-state index in [0.717, 1.165) is 89.9 Å². The van der Waals surface area contributed by atoms with Crippen molar-refractivity contribution in [1.29, 1.82) is 0 Å². The van der Waals surface area contributed by atoms with Crippen LogP contribution in [0.25, 0.3) is 0 Å². The van der Waals surface area contributed by atoms with Crippen molar-refractivity contribution in [3.63, 3.8) is 0 Å². The highest BCUT2D eigenvalue weighted by atomic mass is 16.6. The Bertz CT molecular complexity index is 1050. The van der Waals surface area contributed by atoms with Crippen molar-refractivity contribution in [2.45, 2.75) is 232 Å². The molecule has 0 spiro atoms. The second-order valence-electron chi connectivity index (χ2n) is 16.0. The lowest BCUT2D eigenvalue weighted by molar-refractivity contribution is -0.163. The fourth-order valence-corrected chi connectivity index (χ4v) is 6.53. The van der Waals surface area contributed by atoms with Crippen LogP contribution >= 0.6 is 0 Å². The second-order valence-corrected chi connectivity index (χ2v) is 16.0. The number of rotatable bonds is 44. The lowest BCUT2D eigenvalue weighted by atomic mass is 10.1. The Morgan fingerprint density at radius 3 is 1.33 bits per heavy atom. The summed E-state index contributed by atoms with van der Waals surface area (Å²) in [6.07, 6.45) is 61.9. The van der Waals surface area contributed by atoms with Crippen LogP contribution in [0.5, 0.6) is 0 Å². The molecular weight excluding hydrogens is 717 g/mol. The maximum absolute atomic E-state index is 12.7. The minimum atomic E-state index is -0.556. The Labute approximate surface area is 359 Å². The summed E-state index contributed by atoms with van der Waals surface area (Å²) in [4.78, 5) is 25.3. The topological polar surface area (TPSA) is 61.8 Å². The SMILES string of the molecule is CC/C=C\C/C=C\C/C=C\CCCCCC(=O)OCC(COCCCCCCCCCC/C=C\C/C=C\CCCCC)OC(=O)CCCCCCC/C=C\CCCC. The Balaban J connectivity index is 4.28. The summed E-state index contributed by atoms with van der Waals surface area (Å²) in [6.45, 7) is 7.60. The third kappa shape index (κ3) is 46.0. The molecular formula is C53H92O5. The molecule has 0 aliphatic rings. The first kappa shape index (κ1) is 55.3. The van der Waals surface area contributed by atoms with E-state index in [2.05, 4.69) is 93.7 Å². The van der Waals surface area contributed by atoms with E-state index in [-0.39, 0.29) is 25.2 Å². The molecule has 5 nitrogen and oxygen atoms in total. The Morgan fingerprint density at radius 1 is 0.397 bits per heavy atom. The van der Waals surface area contributed by atoms with Crippen molar-refractivity contribution in [2.75, 3.05) is 19.8 Å². The molecule has 0 aromatic heterocycles. The predicted molar refractivity (Wildman–Crippen MR) is 251 cm³/mol. The number of unbranched alkanes of at least 4 members (excludes halogenated alkanes) is 21. The molecule has 0 aromatic rings. The average molecular weight is 809 g/mol. The van der Waals surface area contributed by atoms with Gasteiger partial charge in [0.25, 0.3) is 0 Å². The van der Waals surface area contributed by atoms with Gasteiger partial charge in [0.2, 0.25) is 0 Å². The standard InChI is InChI=1S/C53H92O5/c1-4-7-10-13-16-19-22-24-25-26-27-28-30-33-36-39-42-45-48-56-49-51(58-53(55)47-44-41-38-35-31-21-18-15-12-9-6-3)50-57-52(54)46-43-40-37-34-32-29-23-20-17-14-11-8-5-2/h8,11,15-20,24-25,29,32,51H,4-7,9-10,12-14,21-23,26-28,30-31,33-50H2,1-3H3/b11-8-,18-15-,19-16-,20-17-,25-24-,32-29-. The number of ether oxygens (including phenoxy) is 3. The third-order valence-electron chi connectivity index (χ3n) is 10.2. The molecule has 1 atom stereocenters. The fraction of sp³-hybridized carbons (Fsp3) is 0.736. The number of allylic oxidation sites excluding steroid dienone is 12. The summed E-state index contributed by atoms with van der Waals surface area (Å²) >= 11 is 0. The molecule has 0 aliphatic heterocycles. The van der Waals surface area contributed by atoms with E-state index in [9.17, 15) is 9.59 Å². The van der Waals surface area contributed by atoms with Crippen LogP contribution in [0, 0.1) is 0 Å². The van der Waals surface area contributed by atoms with Gasteiger partial charge in [0.15, 0.2) is 6.10 Å². The minimum absolute atomic E-state index is 0.0623. The molecule has 0 N–H and O–H groups in total. The van der Waals surface area contributed by atoms with Gasteiger partial charge in [-0.1, -0.05) is 184 Å². The zero-order chi connectivity index (χ0) is 42.1. The molecule has 0 radical (unpaired) electrons. The van der Waals surface area contributed by atoms with E-state index in [4.69, 9.17) is 14.2 Å². The molecule has 5 heteroatoms. The van der Waals surface area contributed by atoms with Crippen molar-refractivity contribution in [3.05, 3.63) is 72.9 Å². The molecule has 0 aliphatic carbocycles. The lowest BCUT2D eigenvalue weighted by Gasteiger charge is -2.18. The van der Waals surface area contributed by atoms with Gasteiger partial charge < -0.3 is 14.2 Å². The third-order valence-corrected chi connectivity index (χ3v) is 10.2. The first-order chi connectivity index (χ1) is 28.6. The summed E-state index contributed by atoms with van der Waals surface area (Å²) in [6, 6.07) is 0. The number of carbonyl (C=O) groups excluding carboxylic acids is 2. The largest absolute Gasteiger partial charge is 0.462 e. The number of hydrogen-bond donors (Lipinski definition) is 0. The van der Waals surface area contributed by atoms with Crippen molar-refractivity contribution in [2.24, 2.45) is 0 Å². The van der Waals surface area contributed by atoms with Crippen molar-refractivity contribution in [3.8, 4) is 0 Å². The first-order valence-electron chi connectivity index (χ1n) is 24.5. The molecule has 0 amide bonds. The molecule has 58 heavy (non-hydrogen) atoms. The molecule has 0 aromatic carbocycles. The Hall–Kier alpha value is -2.66. The van der Waals surface area contributed by atoms with Gasteiger partial charge in [0, 0.05) is 19.4 Å². The number of hydrogen-bond acceptors (Lipinski definition) is 5. The zero-order valence-electron chi connectivity index (χ0n) is 38.3. The highest BCUT2D eigenvalue weighted by molar-refractivity contribution is 5.70. The predicted octanol–water partition coefficient (Wildman–Crippen LogP) is 16.3. The van der Waals surface area contributed by atoms with Crippen LogP contribution in [0.1, 0.15) is 226 Å². The van der Waals surface area contributed by atoms with E-state index < -0.39 is 6.10 Å². The Kier molecular flexibility index (Phi) is 46.5. The monoisotopic (exact) mass is 809 g/mol. The maximum Gasteiger partial charge on any atom is 0.306 e. The fourth-order valence-electron chi connectivity index (χ4n) is 6.53. The van der Waals surface area contributed by atoms with E-state index in [1.807, 2.05) is 0 Å². The first-order valence-corrected chi connectivity index (χ1v) is 24.5. The maximum atomic E-state index is 12.7. The van der Waals surface area contributed by atoms with E-state index in [1.165, 1.54) is 103 Å². The molecule has 334 valence electrons. The molecule has 0 saturated heterocycles. The second kappa shape index (κ2) is 48.7. The van der Waals surface area contributed by atoms with Crippen molar-refractivity contribution in [1.82, 2.24) is 0 Å². The van der Waals surface area contributed by atoms with Crippen LogP contribution in [-0.2, 0) is 23.8 Å². The summed E-state index contributed by atoms with van der Waals surface area (Å²) in [5.41, 5.74) is 0. The Morgan fingerprint density at radius 2 is 0.793 bits per heavy atom. The van der Waals surface area contributed by atoms with Gasteiger partial charge in [-0.3, -0.25) is 9.59 Å². The van der Waals surface area contributed by atoms with Gasteiger partial charge in [-0.2, -0.15) is 0 Å². The summed E-state index contributed by atoms with van der Waals surface area (Å²) in [5.74, 6) is -0.446. The van der Waals surface area contributed by atoms with Gasteiger partial charge in [0.05, 0.1) is 6.61 Å². The normalized spacial score (nSPS) is 12.8.